The second-order valence-corrected chi connectivity index (χ2v) is 7.99. The molecule has 0 fully saturated rings. The topological polar surface area (TPSA) is 89.6 Å². The molecule has 3 aromatic heterocycles. The summed E-state index contributed by atoms with van der Waals surface area (Å²) in [5.41, 5.74) is 0.743. The smallest absolute Gasteiger partial charge is 0.249 e. The summed E-state index contributed by atoms with van der Waals surface area (Å²) in [6, 6.07) is 3.61. The van der Waals surface area contributed by atoms with Crippen LogP contribution in [0.5, 0.6) is 0 Å². The first-order valence-electron chi connectivity index (χ1n) is 8.19. The Balaban J connectivity index is 1.82. The Morgan fingerprint density at radius 3 is 2.60 bits per heavy atom. The molecule has 3 rings (SSSR count). The van der Waals surface area contributed by atoms with E-state index in [4.69, 9.17) is 4.52 Å². The molecule has 132 valence electrons. The van der Waals surface area contributed by atoms with Crippen LogP contribution in [0, 0.1) is 5.92 Å². The average molecular weight is 358 g/mol. The average Bonchev–Trinajstić information content (AvgIpc) is 3.22. The van der Waals surface area contributed by atoms with E-state index in [-0.39, 0.29) is 17.4 Å². The van der Waals surface area contributed by atoms with Gasteiger partial charge in [0.2, 0.25) is 16.8 Å². The summed E-state index contributed by atoms with van der Waals surface area (Å²) in [7, 11) is 0. The Bertz CT molecular complexity index is 821. The van der Waals surface area contributed by atoms with E-state index in [1.165, 1.54) is 11.5 Å². The zero-order valence-corrected chi connectivity index (χ0v) is 15.8. The van der Waals surface area contributed by atoms with Gasteiger partial charge in [-0.05, 0) is 18.1 Å². The van der Waals surface area contributed by atoms with Gasteiger partial charge in [-0.15, -0.1) is 0 Å². The highest BCUT2D eigenvalue weighted by Crippen LogP contribution is 2.29. The maximum absolute atomic E-state index is 5.49. The van der Waals surface area contributed by atoms with Gasteiger partial charge in [-0.1, -0.05) is 39.8 Å². The summed E-state index contributed by atoms with van der Waals surface area (Å²) in [5, 5.41) is 8.22. The van der Waals surface area contributed by atoms with Crippen molar-refractivity contribution in [2.24, 2.45) is 5.92 Å². The molecule has 0 aromatic carbocycles. The van der Waals surface area contributed by atoms with Crippen molar-refractivity contribution in [1.29, 1.82) is 0 Å². The molecule has 25 heavy (non-hydrogen) atoms. The number of nitrogens with zero attached hydrogens (tertiary/aromatic N) is 5. The standard InChI is InChI=1S/C17H22N6OS/c1-10(2)12(19-16-21-15(23-25-16)17(3,4)5)14-20-13(22-24-14)11-7-6-8-18-9-11/h6-10,12H,1-5H3,(H,19,21,23). The van der Waals surface area contributed by atoms with Crippen molar-refractivity contribution >= 4 is 16.7 Å². The molecule has 0 aliphatic carbocycles. The molecule has 0 saturated heterocycles. The molecule has 0 aliphatic heterocycles. The SMILES string of the molecule is CC(C)C(Nc1nc(C(C)(C)C)ns1)c1nc(-c2cccnc2)no1. The van der Waals surface area contributed by atoms with Gasteiger partial charge in [-0.25, -0.2) is 4.98 Å². The van der Waals surface area contributed by atoms with Crippen LogP contribution in [0.3, 0.4) is 0 Å². The lowest BCUT2D eigenvalue weighted by atomic mass is 9.96. The second-order valence-electron chi connectivity index (χ2n) is 7.24. The molecule has 0 saturated carbocycles. The highest BCUT2D eigenvalue weighted by Gasteiger charge is 2.26. The normalized spacial score (nSPS) is 13.2. The van der Waals surface area contributed by atoms with Crippen molar-refractivity contribution in [3.63, 3.8) is 0 Å². The fraction of sp³-hybridized carbons (Fsp3) is 0.471. The van der Waals surface area contributed by atoms with Crippen molar-refractivity contribution in [2.75, 3.05) is 5.32 Å². The van der Waals surface area contributed by atoms with Crippen LogP contribution in [0.4, 0.5) is 5.13 Å². The van der Waals surface area contributed by atoms with Crippen molar-refractivity contribution in [3.8, 4) is 11.4 Å². The molecule has 1 N–H and O–H groups in total. The molecular weight excluding hydrogens is 336 g/mol. The third kappa shape index (κ3) is 4.01. The van der Waals surface area contributed by atoms with E-state index in [0.29, 0.717) is 11.7 Å². The van der Waals surface area contributed by atoms with Crippen LogP contribution in [0.15, 0.2) is 29.0 Å². The number of hydrogen-bond acceptors (Lipinski definition) is 8. The summed E-state index contributed by atoms with van der Waals surface area (Å²) in [6.45, 7) is 10.5. The highest BCUT2D eigenvalue weighted by atomic mass is 32.1. The Morgan fingerprint density at radius 1 is 1.20 bits per heavy atom. The summed E-state index contributed by atoms with van der Waals surface area (Å²) in [5.74, 6) is 2.12. The zero-order chi connectivity index (χ0) is 18.0. The molecule has 0 aliphatic rings. The highest BCUT2D eigenvalue weighted by molar-refractivity contribution is 7.09. The van der Waals surface area contributed by atoms with Gasteiger partial charge in [0, 0.05) is 34.9 Å². The molecule has 0 radical (unpaired) electrons. The lowest BCUT2D eigenvalue weighted by molar-refractivity contribution is 0.336. The minimum atomic E-state index is -0.140. The van der Waals surface area contributed by atoms with Crippen LogP contribution in [0.2, 0.25) is 0 Å². The van der Waals surface area contributed by atoms with Gasteiger partial charge < -0.3 is 9.84 Å². The zero-order valence-electron chi connectivity index (χ0n) is 15.0. The van der Waals surface area contributed by atoms with Crippen molar-refractivity contribution < 1.29 is 4.52 Å². The Kier molecular flexibility index (Phi) is 4.80. The quantitative estimate of drug-likeness (QED) is 0.734. The molecule has 1 unspecified atom stereocenters. The minimum Gasteiger partial charge on any atom is -0.348 e. The summed E-state index contributed by atoms with van der Waals surface area (Å²) in [6.07, 6.45) is 3.43. The van der Waals surface area contributed by atoms with Gasteiger partial charge in [0.1, 0.15) is 11.9 Å². The van der Waals surface area contributed by atoms with Crippen LogP contribution in [-0.4, -0.2) is 24.5 Å². The third-order valence-electron chi connectivity index (χ3n) is 3.67. The van der Waals surface area contributed by atoms with Gasteiger partial charge in [0.25, 0.3) is 0 Å². The van der Waals surface area contributed by atoms with Crippen molar-refractivity contribution in [2.45, 2.75) is 46.1 Å². The lowest BCUT2D eigenvalue weighted by Gasteiger charge is -2.17. The van der Waals surface area contributed by atoms with Crippen LogP contribution in [-0.2, 0) is 5.41 Å². The molecule has 0 spiro atoms. The number of rotatable bonds is 5. The second kappa shape index (κ2) is 6.87. The van der Waals surface area contributed by atoms with E-state index in [1.807, 2.05) is 12.1 Å². The summed E-state index contributed by atoms with van der Waals surface area (Å²) < 4.78 is 9.93. The van der Waals surface area contributed by atoms with Gasteiger partial charge in [0.15, 0.2) is 0 Å². The van der Waals surface area contributed by atoms with E-state index in [0.717, 1.165) is 16.5 Å². The van der Waals surface area contributed by atoms with E-state index >= 15 is 0 Å². The first kappa shape index (κ1) is 17.5. The number of anilines is 1. The van der Waals surface area contributed by atoms with Gasteiger partial charge >= 0.3 is 0 Å². The predicted molar refractivity (Wildman–Crippen MR) is 97.3 cm³/mol. The Hall–Kier alpha value is -2.35. The fourth-order valence-corrected chi connectivity index (χ4v) is 3.00. The summed E-state index contributed by atoms with van der Waals surface area (Å²) in [4.78, 5) is 13.2. The first-order chi connectivity index (χ1) is 11.8. The maximum atomic E-state index is 5.49. The molecule has 0 amide bonds. The third-order valence-corrected chi connectivity index (χ3v) is 4.32. The number of nitrogens with one attached hydrogen (secondary N) is 1. The van der Waals surface area contributed by atoms with Gasteiger partial charge in [0.05, 0.1) is 0 Å². The number of pyridine rings is 1. The molecule has 7 nitrogen and oxygen atoms in total. The van der Waals surface area contributed by atoms with Crippen LogP contribution in [0.1, 0.15) is 52.4 Å². The van der Waals surface area contributed by atoms with Crippen LogP contribution in [0.25, 0.3) is 11.4 Å². The molecule has 0 bridgehead atoms. The predicted octanol–water partition coefficient (Wildman–Crippen LogP) is 4.09. The van der Waals surface area contributed by atoms with Gasteiger partial charge in [-0.3, -0.25) is 4.98 Å². The maximum Gasteiger partial charge on any atom is 0.249 e. The summed E-state index contributed by atoms with van der Waals surface area (Å²) >= 11 is 1.35. The largest absolute Gasteiger partial charge is 0.348 e. The molecular formula is C17H22N6OS. The van der Waals surface area contributed by atoms with Crippen molar-refractivity contribution in [3.05, 3.63) is 36.2 Å². The Labute approximate surface area is 151 Å². The van der Waals surface area contributed by atoms with E-state index < -0.39 is 0 Å². The number of hydrogen-bond donors (Lipinski definition) is 1. The van der Waals surface area contributed by atoms with Crippen molar-refractivity contribution in [1.82, 2.24) is 24.5 Å². The fourth-order valence-electron chi connectivity index (χ4n) is 2.21. The molecule has 8 heteroatoms. The molecule has 1 atom stereocenters. The minimum absolute atomic E-state index is 0.0816. The monoisotopic (exact) mass is 358 g/mol. The van der Waals surface area contributed by atoms with Gasteiger partial charge in [-0.2, -0.15) is 9.36 Å². The van der Waals surface area contributed by atoms with Crippen LogP contribution < -0.4 is 5.32 Å². The van der Waals surface area contributed by atoms with E-state index in [9.17, 15) is 0 Å². The molecule has 3 heterocycles. The van der Waals surface area contributed by atoms with Crippen LogP contribution >= 0.6 is 11.5 Å². The lowest BCUT2D eigenvalue weighted by Crippen LogP contribution is -2.18. The number of aromatic nitrogens is 5. The van der Waals surface area contributed by atoms with E-state index in [1.54, 1.807) is 12.4 Å². The Morgan fingerprint density at radius 2 is 2.00 bits per heavy atom. The first-order valence-corrected chi connectivity index (χ1v) is 8.96. The molecule has 3 aromatic rings. The van der Waals surface area contributed by atoms with E-state index in [2.05, 4.69) is 64.4 Å².